The minimum absolute atomic E-state index is 0. The molecular weight excluding hydrogens is 144 g/mol. The molecule has 0 aromatic carbocycles. The third-order valence-corrected chi connectivity index (χ3v) is 1.06. The van der Waals surface area contributed by atoms with E-state index in [9.17, 15) is 4.79 Å². The molecule has 0 amide bonds. The molecule has 0 aliphatic rings. The van der Waals surface area contributed by atoms with Crippen LogP contribution < -0.4 is 11.9 Å². The molecule has 4 heteroatoms. The highest BCUT2D eigenvalue weighted by Crippen LogP contribution is 1.95. The Morgan fingerprint density at radius 3 is 2.45 bits per heavy atom. The second-order valence-electron chi connectivity index (χ2n) is 2.46. The van der Waals surface area contributed by atoms with Crippen molar-refractivity contribution in [1.29, 1.82) is 0 Å². The van der Waals surface area contributed by atoms with Crippen LogP contribution in [0.2, 0.25) is 0 Å². The molecule has 0 atom stereocenters. The van der Waals surface area contributed by atoms with Gasteiger partial charge in [0.15, 0.2) is 0 Å². The van der Waals surface area contributed by atoms with Gasteiger partial charge in [-0.2, -0.15) is 0 Å². The number of nitrogens with two attached hydrogens (primary N) is 1. The minimum atomic E-state index is -0.145. The molecule has 5 N–H and O–H groups in total. The van der Waals surface area contributed by atoms with E-state index in [2.05, 4.69) is 0 Å². The highest BCUT2D eigenvalue weighted by molar-refractivity contribution is 5.71. The van der Waals surface area contributed by atoms with Gasteiger partial charge in [0.25, 0.3) is 0 Å². The number of ether oxygens (including phenoxy) is 1. The van der Waals surface area contributed by atoms with Gasteiger partial charge in [-0.25, -0.2) is 0 Å². The minimum Gasteiger partial charge on any atom is -0.465 e. The van der Waals surface area contributed by atoms with E-state index < -0.39 is 0 Å². The molecule has 0 unspecified atom stereocenters. The number of rotatable bonds is 4. The summed E-state index contributed by atoms with van der Waals surface area (Å²) in [6, 6.07) is 0. The van der Waals surface area contributed by atoms with E-state index in [1.165, 1.54) is 0 Å². The van der Waals surface area contributed by atoms with Crippen LogP contribution in [0.15, 0.2) is 0 Å². The smallest absolute Gasteiger partial charge is 0.308 e. The van der Waals surface area contributed by atoms with Gasteiger partial charge in [-0.05, 0) is 13.0 Å². The maximum absolute atomic E-state index is 10.8. The zero-order chi connectivity index (χ0) is 7.98. The van der Waals surface area contributed by atoms with Crippen molar-refractivity contribution in [2.24, 2.45) is 11.7 Å². The summed E-state index contributed by atoms with van der Waals surface area (Å²) in [6.07, 6.45) is 0.748. The number of hydrogen-bond donors (Lipinski definition) is 2. The van der Waals surface area contributed by atoms with Gasteiger partial charge in [0.1, 0.15) is 0 Å². The Hall–Kier alpha value is -0.610. The van der Waals surface area contributed by atoms with E-state index >= 15 is 0 Å². The Morgan fingerprint density at radius 1 is 1.55 bits per heavy atom. The number of carbonyl (C=O) groups is 1. The second kappa shape index (κ2) is 7.50. The molecule has 0 radical (unpaired) electrons. The van der Waals surface area contributed by atoms with E-state index in [4.69, 9.17) is 10.5 Å². The summed E-state index contributed by atoms with van der Waals surface area (Å²) < 4.78 is 4.82. The third kappa shape index (κ3) is 7.29. The monoisotopic (exact) mass is 162 g/mol. The molecule has 0 fully saturated rings. The Balaban J connectivity index is 0. The maximum atomic E-state index is 10.8. The highest BCUT2D eigenvalue weighted by Gasteiger charge is 2.06. The van der Waals surface area contributed by atoms with Crippen LogP contribution in [0.3, 0.4) is 0 Å². The van der Waals surface area contributed by atoms with Gasteiger partial charge in [-0.15, -0.1) is 0 Å². The molecule has 0 saturated heterocycles. The van der Waals surface area contributed by atoms with Crippen molar-refractivity contribution in [3.05, 3.63) is 0 Å². The SMILES string of the molecule is CC(C)C(=O)OCCCN.N. The zero-order valence-electron chi connectivity index (χ0n) is 7.30. The van der Waals surface area contributed by atoms with Crippen LogP contribution in [-0.2, 0) is 9.53 Å². The average molecular weight is 162 g/mol. The standard InChI is InChI=1S/C7H15NO2.H3N/c1-6(2)7(9)10-5-3-4-8;/h6H,3-5,8H2,1-2H3;1H3. The summed E-state index contributed by atoms with van der Waals surface area (Å²) >= 11 is 0. The topological polar surface area (TPSA) is 87.3 Å². The van der Waals surface area contributed by atoms with Gasteiger partial charge in [-0.3, -0.25) is 4.79 Å². The van der Waals surface area contributed by atoms with Crippen LogP contribution in [0.25, 0.3) is 0 Å². The molecule has 0 rings (SSSR count). The lowest BCUT2D eigenvalue weighted by atomic mass is 10.2. The largest absolute Gasteiger partial charge is 0.465 e. The molecular formula is C7H18N2O2. The zero-order valence-corrected chi connectivity index (χ0v) is 7.30. The summed E-state index contributed by atoms with van der Waals surface area (Å²) in [6.45, 7) is 4.65. The van der Waals surface area contributed by atoms with Crippen LogP contribution in [0, 0.1) is 5.92 Å². The molecule has 11 heavy (non-hydrogen) atoms. The molecule has 0 heterocycles. The van der Waals surface area contributed by atoms with Crippen molar-refractivity contribution in [3.8, 4) is 0 Å². The first-order valence-corrected chi connectivity index (χ1v) is 3.55. The van der Waals surface area contributed by atoms with E-state index in [0.29, 0.717) is 13.2 Å². The Morgan fingerprint density at radius 2 is 2.09 bits per heavy atom. The maximum Gasteiger partial charge on any atom is 0.308 e. The van der Waals surface area contributed by atoms with Gasteiger partial charge >= 0.3 is 5.97 Å². The summed E-state index contributed by atoms with van der Waals surface area (Å²) in [5.41, 5.74) is 5.20. The lowest BCUT2D eigenvalue weighted by Gasteiger charge is -2.04. The van der Waals surface area contributed by atoms with Crippen molar-refractivity contribution in [2.75, 3.05) is 13.2 Å². The van der Waals surface area contributed by atoms with Gasteiger partial charge in [-0.1, -0.05) is 13.8 Å². The molecule has 68 valence electrons. The van der Waals surface area contributed by atoms with Crippen molar-refractivity contribution >= 4 is 5.97 Å². The van der Waals surface area contributed by atoms with Crippen LogP contribution in [-0.4, -0.2) is 19.1 Å². The first-order chi connectivity index (χ1) is 4.68. The summed E-state index contributed by atoms with van der Waals surface area (Å²) in [5.74, 6) is -0.175. The van der Waals surface area contributed by atoms with Gasteiger partial charge in [0.05, 0.1) is 12.5 Å². The first kappa shape index (κ1) is 13.0. The molecule has 0 aromatic heterocycles. The summed E-state index contributed by atoms with van der Waals surface area (Å²) in [4.78, 5) is 10.8. The molecule has 0 aromatic rings. The van der Waals surface area contributed by atoms with E-state index in [-0.39, 0.29) is 18.0 Å². The van der Waals surface area contributed by atoms with Crippen molar-refractivity contribution < 1.29 is 9.53 Å². The van der Waals surface area contributed by atoms with E-state index in [0.717, 1.165) is 6.42 Å². The quantitative estimate of drug-likeness (QED) is 0.470. The molecule has 0 spiro atoms. The fourth-order valence-corrected chi connectivity index (χ4v) is 0.423. The van der Waals surface area contributed by atoms with E-state index in [1.807, 2.05) is 13.8 Å². The summed E-state index contributed by atoms with van der Waals surface area (Å²) in [5, 5.41) is 0. The lowest BCUT2D eigenvalue weighted by Crippen LogP contribution is -2.14. The Labute approximate surface area is 67.7 Å². The normalized spacial score (nSPS) is 9.09. The molecule has 0 bridgehead atoms. The molecule has 0 aliphatic heterocycles. The molecule has 4 nitrogen and oxygen atoms in total. The predicted octanol–water partition coefficient (Wildman–Crippen LogP) is 0.696. The van der Waals surface area contributed by atoms with E-state index in [1.54, 1.807) is 0 Å². The second-order valence-corrected chi connectivity index (χ2v) is 2.46. The Bertz CT molecular complexity index is 105. The van der Waals surface area contributed by atoms with Crippen LogP contribution in [0.1, 0.15) is 20.3 Å². The van der Waals surface area contributed by atoms with Crippen molar-refractivity contribution in [2.45, 2.75) is 20.3 Å². The number of hydrogen-bond acceptors (Lipinski definition) is 4. The highest BCUT2D eigenvalue weighted by atomic mass is 16.5. The van der Waals surface area contributed by atoms with Gasteiger partial charge < -0.3 is 16.6 Å². The Kier molecular flexibility index (Phi) is 8.87. The third-order valence-electron chi connectivity index (χ3n) is 1.06. The fraction of sp³-hybridized carbons (Fsp3) is 0.857. The van der Waals surface area contributed by atoms with Crippen LogP contribution in [0.5, 0.6) is 0 Å². The molecule has 0 aliphatic carbocycles. The lowest BCUT2D eigenvalue weighted by molar-refractivity contribution is -0.147. The van der Waals surface area contributed by atoms with Gasteiger partial charge in [0.2, 0.25) is 0 Å². The number of esters is 1. The van der Waals surface area contributed by atoms with Crippen LogP contribution in [0.4, 0.5) is 0 Å². The van der Waals surface area contributed by atoms with Crippen LogP contribution >= 0.6 is 0 Å². The number of carbonyl (C=O) groups excluding carboxylic acids is 1. The predicted molar refractivity (Wildman–Crippen MR) is 44.5 cm³/mol. The summed E-state index contributed by atoms with van der Waals surface area (Å²) in [7, 11) is 0. The average Bonchev–Trinajstić information content (AvgIpc) is 1.88. The van der Waals surface area contributed by atoms with Crippen molar-refractivity contribution in [3.63, 3.8) is 0 Å². The van der Waals surface area contributed by atoms with Crippen molar-refractivity contribution in [1.82, 2.24) is 6.15 Å². The fourth-order valence-electron chi connectivity index (χ4n) is 0.423. The van der Waals surface area contributed by atoms with Gasteiger partial charge in [0, 0.05) is 0 Å². The molecule has 0 saturated carbocycles. The first-order valence-electron chi connectivity index (χ1n) is 3.55.